The minimum Gasteiger partial charge on any atom is -0.449 e. The minimum atomic E-state index is -1.23. The van der Waals surface area contributed by atoms with Gasteiger partial charge in [0.25, 0.3) is 5.91 Å². The molecule has 26 heavy (non-hydrogen) atoms. The van der Waals surface area contributed by atoms with Crippen LogP contribution in [-0.4, -0.2) is 22.9 Å². The molecule has 0 heterocycles. The van der Waals surface area contributed by atoms with Crippen molar-refractivity contribution in [1.82, 2.24) is 0 Å². The molecular weight excluding hydrogens is 390 g/mol. The molecular formula is C16H11Cl2FN2O5. The highest BCUT2D eigenvalue weighted by Crippen LogP contribution is 2.22. The first-order chi connectivity index (χ1) is 12.2. The van der Waals surface area contributed by atoms with Crippen molar-refractivity contribution in [2.45, 2.75) is 13.0 Å². The maximum atomic E-state index is 13.3. The molecule has 10 heteroatoms. The molecule has 136 valence electrons. The molecule has 0 aliphatic carbocycles. The molecule has 0 spiro atoms. The molecule has 0 radical (unpaired) electrons. The van der Waals surface area contributed by atoms with Gasteiger partial charge in [0.15, 0.2) is 6.10 Å². The number of hydrogen-bond acceptors (Lipinski definition) is 5. The van der Waals surface area contributed by atoms with Crippen molar-refractivity contribution in [3.8, 4) is 0 Å². The van der Waals surface area contributed by atoms with Crippen molar-refractivity contribution in [2.75, 3.05) is 5.32 Å². The number of nitrogens with zero attached hydrogens (tertiary/aromatic N) is 1. The normalized spacial score (nSPS) is 11.5. The molecule has 0 unspecified atom stereocenters. The summed E-state index contributed by atoms with van der Waals surface area (Å²) < 4.78 is 18.3. The maximum Gasteiger partial charge on any atom is 0.339 e. The summed E-state index contributed by atoms with van der Waals surface area (Å²) in [6.07, 6.45) is -1.23. The summed E-state index contributed by atoms with van der Waals surface area (Å²) in [7, 11) is 0. The molecule has 0 aromatic heterocycles. The Bertz CT molecular complexity index is 871. The van der Waals surface area contributed by atoms with Crippen LogP contribution in [-0.2, 0) is 9.53 Å². The Morgan fingerprint density at radius 3 is 2.38 bits per heavy atom. The highest BCUT2D eigenvalue weighted by atomic mass is 35.5. The number of rotatable bonds is 5. The number of esters is 1. The number of halogens is 3. The third-order valence-corrected chi connectivity index (χ3v) is 3.60. The van der Waals surface area contributed by atoms with Gasteiger partial charge < -0.3 is 10.1 Å². The van der Waals surface area contributed by atoms with Gasteiger partial charge in [-0.15, -0.1) is 0 Å². The molecule has 0 aliphatic rings. The first kappa shape index (κ1) is 19.6. The van der Waals surface area contributed by atoms with Crippen molar-refractivity contribution >= 4 is 46.5 Å². The van der Waals surface area contributed by atoms with E-state index in [0.29, 0.717) is 0 Å². The van der Waals surface area contributed by atoms with Crippen molar-refractivity contribution in [1.29, 1.82) is 0 Å². The lowest BCUT2D eigenvalue weighted by molar-refractivity contribution is -0.387. The zero-order chi connectivity index (χ0) is 19.4. The van der Waals surface area contributed by atoms with E-state index < -0.39 is 34.4 Å². The Labute approximate surface area is 156 Å². The zero-order valence-corrected chi connectivity index (χ0v) is 14.7. The second-order valence-corrected chi connectivity index (χ2v) is 5.99. The quantitative estimate of drug-likeness (QED) is 0.460. The Hall–Kier alpha value is -2.71. The SMILES string of the molecule is C[C@H](OC(=O)c1cc(Cl)cc(Cl)c1)C(=O)Nc1ccc(F)c([N+](=O)[O-])c1. The highest BCUT2D eigenvalue weighted by Gasteiger charge is 2.21. The van der Waals surface area contributed by atoms with Crippen molar-refractivity contribution in [3.05, 3.63) is 67.9 Å². The Morgan fingerprint density at radius 1 is 1.19 bits per heavy atom. The number of benzene rings is 2. The van der Waals surface area contributed by atoms with Gasteiger partial charge in [-0.3, -0.25) is 14.9 Å². The van der Waals surface area contributed by atoms with Gasteiger partial charge in [0, 0.05) is 21.8 Å². The fraction of sp³-hybridized carbons (Fsp3) is 0.125. The zero-order valence-electron chi connectivity index (χ0n) is 13.2. The molecule has 2 aromatic rings. The second-order valence-electron chi connectivity index (χ2n) is 5.12. The first-order valence-corrected chi connectivity index (χ1v) is 7.85. The molecule has 0 aliphatic heterocycles. The van der Waals surface area contributed by atoms with E-state index in [-0.39, 0.29) is 21.3 Å². The predicted octanol–water partition coefficient (Wildman–Crippen LogP) is 4.22. The monoisotopic (exact) mass is 400 g/mol. The lowest BCUT2D eigenvalue weighted by Gasteiger charge is -2.14. The van der Waals surface area contributed by atoms with Crippen LogP contribution < -0.4 is 5.32 Å². The van der Waals surface area contributed by atoms with E-state index in [2.05, 4.69) is 5.32 Å². The third-order valence-electron chi connectivity index (χ3n) is 3.16. The van der Waals surface area contributed by atoms with Gasteiger partial charge in [-0.1, -0.05) is 23.2 Å². The molecule has 1 N–H and O–H groups in total. The molecule has 2 aromatic carbocycles. The standard InChI is InChI=1S/C16H11Cl2FN2O5/c1-8(26-16(23)9-4-10(17)6-11(18)5-9)15(22)20-12-2-3-13(19)14(7-12)21(24)25/h2-8H,1H3,(H,20,22)/t8-/m0/s1. The number of nitrogens with one attached hydrogen (secondary N) is 1. The second kappa shape index (κ2) is 8.11. The van der Waals surface area contributed by atoms with Crippen LogP contribution >= 0.6 is 23.2 Å². The van der Waals surface area contributed by atoms with Gasteiger partial charge in [-0.2, -0.15) is 4.39 Å². The summed E-state index contributed by atoms with van der Waals surface area (Å²) in [6, 6.07) is 6.92. The number of nitro benzene ring substituents is 1. The van der Waals surface area contributed by atoms with Crippen LogP contribution in [0.4, 0.5) is 15.8 Å². The first-order valence-electron chi connectivity index (χ1n) is 7.09. The number of amides is 1. The topological polar surface area (TPSA) is 98.5 Å². The maximum absolute atomic E-state index is 13.3. The van der Waals surface area contributed by atoms with Crippen molar-refractivity contribution < 1.29 is 23.6 Å². The van der Waals surface area contributed by atoms with Crippen LogP contribution in [0.15, 0.2) is 36.4 Å². The fourth-order valence-corrected chi connectivity index (χ4v) is 2.45. The summed E-state index contributed by atoms with van der Waals surface area (Å²) >= 11 is 11.6. The number of anilines is 1. The predicted molar refractivity (Wildman–Crippen MR) is 93.0 cm³/mol. The largest absolute Gasteiger partial charge is 0.449 e. The van der Waals surface area contributed by atoms with Crippen molar-refractivity contribution in [2.24, 2.45) is 0 Å². The van der Waals surface area contributed by atoms with Gasteiger partial charge in [0.05, 0.1) is 10.5 Å². The van der Waals surface area contributed by atoms with E-state index in [0.717, 1.165) is 18.2 Å². The van der Waals surface area contributed by atoms with E-state index in [1.165, 1.54) is 25.1 Å². The smallest absolute Gasteiger partial charge is 0.339 e. The van der Waals surface area contributed by atoms with Crippen LogP contribution in [0.2, 0.25) is 10.0 Å². The number of carbonyl (C=O) groups excluding carboxylic acids is 2. The summed E-state index contributed by atoms with van der Waals surface area (Å²) in [4.78, 5) is 33.9. The number of nitro groups is 1. The summed E-state index contributed by atoms with van der Waals surface area (Å²) in [5, 5.41) is 13.5. The number of hydrogen-bond donors (Lipinski definition) is 1. The molecule has 1 atom stereocenters. The third kappa shape index (κ3) is 4.90. The van der Waals surface area contributed by atoms with E-state index in [1.807, 2.05) is 0 Å². The van der Waals surface area contributed by atoms with Gasteiger partial charge in [0.1, 0.15) is 0 Å². The average molecular weight is 401 g/mol. The Kier molecular flexibility index (Phi) is 6.12. The fourth-order valence-electron chi connectivity index (χ4n) is 1.93. The molecule has 0 fully saturated rings. The van der Waals surface area contributed by atoms with Crippen LogP contribution in [0, 0.1) is 15.9 Å². The lowest BCUT2D eigenvalue weighted by atomic mass is 10.2. The van der Waals surface area contributed by atoms with Crippen LogP contribution in [0.25, 0.3) is 0 Å². The molecule has 7 nitrogen and oxygen atoms in total. The van der Waals surface area contributed by atoms with E-state index in [9.17, 15) is 24.1 Å². The molecule has 1 amide bonds. The number of carbonyl (C=O) groups is 2. The highest BCUT2D eigenvalue weighted by molar-refractivity contribution is 6.35. The van der Waals surface area contributed by atoms with Crippen LogP contribution in [0.1, 0.15) is 17.3 Å². The van der Waals surface area contributed by atoms with Crippen LogP contribution in [0.3, 0.4) is 0 Å². The van der Waals surface area contributed by atoms with Gasteiger partial charge in [-0.05, 0) is 37.3 Å². The van der Waals surface area contributed by atoms with Crippen LogP contribution in [0.5, 0.6) is 0 Å². The summed E-state index contributed by atoms with van der Waals surface area (Å²) in [6.45, 7) is 1.30. The summed E-state index contributed by atoms with van der Waals surface area (Å²) in [5.41, 5.74) is -0.752. The van der Waals surface area contributed by atoms with E-state index in [4.69, 9.17) is 27.9 Å². The molecule has 0 saturated heterocycles. The average Bonchev–Trinajstić information content (AvgIpc) is 2.55. The van der Waals surface area contributed by atoms with Gasteiger partial charge in [-0.25, -0.2) is 4.79 Å². The molecule has 0 bridgehead atoms. The molecule has 0 saturated carbocycles. The van der Waals surface area contributed by atoms with E-state index in [1.54, 1.807) is 0 Å². The molecule has 2 rings (SSSR count). The van der Waals surface area contributed by atoms with Gasteiger partial charge >= 0.3 is 11.7 Å². The minimum absolute atomic E-state index is 0.0169. The lowest BCUT2D eigenvalue weighted by Crippen LogP contribution is -2.30. The van der Waals surface area contributed by atoms with Gasteiger partial charge in [0.2, 0.25) is 5.82 Å². The Morgan fingerprint density at radius 2 is 1.81 bits per heavy atom. The number of ether oxygens (including phenoxy) is 1. The summed E-state index contributed by atoms with van der Waals surface area (Å²) in [5.74, 6) is -2.63. The Balaban J connectivity index is 2.06. The van der Waals surface area contributed by atoms with Crippen molar-refractivity contribution in [3.63, 3.8) is 0 Å². The van der Waals surface area contributed by atoms with E-state index >= 15 is 0 Å².